The quantitative estimate of drug-likeness (QED) is 0.162. The lowest BCUT2D eigenvalue weighted by Gasteiger charge is -2.21. The SMILES string of the molecule is CCNC(=NCCCOCC1CCOCC1)NCCc1ccc(OC)c(OC(F)F)c1.I. The van der Waals surface area contributed by atoms with E-state index in [2.05, 4.69) is 20.4 Å². The van der Waals surface area contributed by atoms with Gasteiger partial charge in [0, 0.05) is 46.1 Å². The summed E-state index contributed by atoms with van der Waals surface area (Å²) in [6.07, 6.45) is 3.64. The van der Waals surface area contributed by atoms with Gasteiger partial charge in [0.1, 0.15) is 0 Å². The summed E-state index contributed by atoms with van der Waals surface area (Å²) in [7, 11) is 1.42. The molecule has 1 heterocycles. The molecule has 7 nitrogen and oxygen atoms in total. The van der Waals surface area contributed by atoms with E-state index in [9.17, 15) is 8.78 Å². The zero-order valence-electron chi connectivity index (χ0n) is 18.9. The molecule has 32 heavy (non-hydrogen) atoms. The third-order valence-corrected chi connectivity index (χ3v) is 4.91. The van der Waals surface area contributed by atoms with Gasteiger partial charge in [-0.3, -0.25) is 4.99 Å². The molecule has 0 atom stereocenters. The molecular weight excluding hydrogens is 535 g/mol. The van der Waals surface area contributed by atoms with Crippen LogP contribution < -0.4 is 20.1 Å². The smallest absolute Gasteiger partial charge is 0.387 e. The lowest BCUT2D eigenvalue weighted by Crippen LogP contribution is -2.38. The summed E-state index contributed by atoms with van der Waals surface area (Å²) < 4.78 is 45.9. The highest BCUT2D eigenvalue weighted by molar-refractivity contribution is 14.0. The maximum Gasteiger partial charge on any atom is 0.387 e. The molecule has 0 unspecified atom stereocenters. The van der Waals surface area contributed by atoms with Crippen LogP contribution in [-0.2, 0) is 15.9 Å². The predicted octanol–water partition coefficient (Wildman–Crippen LogP) is 3.85. The minimum absolute atomic E-state index is 0. The van der Waals surface area contributed by atoms with Gasteiger partial charge in [0.05, 0.1) is 7.11 Å². The number of ether oxygens (including phenoxy) is 4. The third kappa shape index (κ3) is 11.5. The number of nitrogens with one attached hydrogen (secondary N) is 2. The molecule has 1 aliphatic rings. The highest BCUT2D eigenvalue weighted by Gasteiger charge is 2.13. The van der Waals surface area contributed by atoms with Crippen molar-refractivity contribution in [3.63, 3.8) is 0 Å². The van der Waals surface area contributed by atoms with Crippen LogP contribution in [0.2, 0.25) is 0 Å². The van der Waals surface area contributed by atoms with Crippen LogP contribution in [0.15, 0.2) is 23.2 Å². The number of nitrogens with zero attached hydrogens (tertiary/aromatic N) is 1. The van der Waals surface area contributed by atoms with Crippen LogP contribution in [0.5, 0.6) is 11.5 Å². The van der Waals surface area contributed by atoms with E-state index in [4.69, 9.17) is 14.2 Å². The molecule has 2 rings (SSSR count). The van der Waals surface area contributed by atoms with E-state index in [1.807, 2.05) is 13.0 Å². The van der Waals surface area contributed by atoms with Crippen LogP contribution in [0, 0.1) is 5.92 Å². The van der Waals surface area contributed by atoms with Gasteiger partial charge in [-0.05, 0) is 56.2 Å². The Morgan fingerprint density at radius 2 is 2.00 bits per heavy atom. The lowest BCUT2D eigenvalue weighted by molar-refractivity contribution is -0.0512. The molecule has 1 aliphatic heterocycles. The maximum atomic E-state index is 12.6. The van der Waals surface area contributed by atoms with Crippen LogP contribution in [-0.4, -0.2) is 65.7 Å². The van der Waals surface area contributed by atoms with Gasteiger partial charge in [-0.15, -0.1) is 24.0 Å². The number of hydrogen-bond acceptors (Lipinski definition) is 5. The number of aliphatic imine (C=N–C) groups is 1. The molecule has 2 N–H and O–H groups in total. The first-order chi connectivity index (χ1) is 15.1. The van der Waals surface area contributed by atoms with Crippen molar-refractivity contribution in [3.05, 3.63) is 23.8 Å². The molecule has 1 fully saturated rings. The summed E-state index contributed by atoms with van der Waals surface area (Å²) in [5, 5.41) is 6.47. The summed E-state index contributed by atoms with van der Waals surface area (Å²) in [4.78, 5) is 4.56. The minimum Gasteiger partial charge on any atom is -0.493 e. The molecule has 1 saturated heterocycles. The predicted molar refractivity (Wildman–Crippen MR) is 132 cm³/mol. The number of hydrogen-bond donors (Lipinski definition) is 2. The molecule has 0 saturated carbocycles. The van der Waals surface area contributed by atoms with E-state index < -0.39 is 6.61 Å². The second-order valence-corrected chi connectivity index (χ2v) is 7.29. The molecule has 1 aromatic rings. The van der Waals surface area contributed by atoms with Crippen LogP contribution in [0.4, 0.5) is 8.78 Å². The number of guanidine groups is 1. The lowest BCUT2D eigenvalue weighted by atomic mass is 10.0. The van der Waals surface area contributed by atoms with Crippen LogP contribution in [0.1, 0.15) is 31.7 Å². The Kier molecular flexibility index (Phi) is 15.3. The molecule has 0 radical (unpaired) electrons. The first kappa shape index (κ1) is 28.6. The molecule has 0 bridgehead atoms. The molecule has 10 heteroatoms. The van der Waals surface area contributed by atoms with E-state index >= 15 is 0 Å². The molecule has 0 aromatic heterocycles. The van der Waals surface area contributed by atoms with Crippen LogP contribution in [0.25, 0.3) is 0 Å². The monoisotopic (exact) mass is 571 g/mol. The highest BCUT2D eigenvalue weighted by atomic mass is 127. The summed E-state index contributed by atoms with van der Waals surface area (Å²) in [5.74, 6) is 1.66. The van der Waals surface area contributed by atoms with Gasteiger partial charge in [-0.25, -0.2) is 0 Å². The average molecular weight is 571 g/mol. The van der Waals surface area contributed by atoms with Gasteiger partial charge >= 0.3 is 6.61 Å². The highest BCUT2D eigenvalue weighted by Crippen LogP contribution is 2.29. The van der Waals surface area contributed by atoms with Crippen molar-refractivity contribution in [2.24, 2.45) is 10.9 Å². The first-order valence-electron chi connectivity index (χ1n) is 10.9. The standard InChI is InChI=1S/C22H35F2N3O4.HI/c1-3-25-22(26-10-4-12-30-16-18-8-13-29-14-9-18)27-11-7-17-5-6-19(28-2)20(15-17)31-21(23)24;/h5-6,15,18,21H,3-4,7-14,16H2,1-2H3,(H2,25,26,27);1H. The van der Waals surface area contributed by atoms with Crippen molar-refractivity contribution >= 4 is 29.9 Å². The second kappa shape index (κ2) is 17.1. The fourth-order valence-electron chi connectivity index (χ4n) is 3.25. The zero-order chi connectivity index (χ0) is 22.3. The van der Waals surface area contributed by atoms with Crippen molar-refractivity contribution in [1.29, 1.82) is 0 Å². The Morgan fingerprint density at radius 1 is 1.22 bits per heavy atom. The van der Waals surface area contributed by atoms with Gasteiger partial charge in [-0.1, -0.05) is 6.07 Å². The third-order valence-electron chi connectivity index (χ3n) is 4.91. The van der Waals surface area contributed by atoms with Crippen molar-refractivity contribution in [2.75, 3.05) is 53.2 Å². The molecule has 184 valence electrons. The van der Waals surface area contributed by atoms with Gasteiger partial charge in [-0.2, -0.15) is 8.78 Å². The Morgan fingerprint density at radius 3 is 2.69 bits per heavy atom. The topological polar surface area (TPSA) is 73.3 Å². The molecule has 0 amide bonds. The number of benzene rings is 1. The summed E-state index contributed by atoms with van der Waals surface area (Å²) in [5.41, 5.74) is 0.862. The molecule has 1 aromatic carbocycles. The van der Waals surface area contributed by atoms with E-state index in [1.54, 1.807) is 12.1 Å². The van der Waals surface area contributed by atoms with Gasteiger partial charge in [0.2, 0.25) is 0 Å². The normalized spacial score (nSPS) is 14.7. The first-order valence-corrected chi connectivity index (χ1v) is 10.9. The Balaban J connectivity index is 0.00000512. The van der Waals surface area contributed by atoms with Crippen LogP contribution in [0.3, 0.4) is 0 Å². The number of alkyl halides is 2. The van der Waals surface area contributed by atoms with E-state index in [1.165, 1.54) is 7.11 Å². The summed E-state index contributed by atoms with van der Waals surface area (Å²) in [6.45, 7) is 4.30. The molecule has 0 aliphatic carbocycles. The minimum atomic E-state index is -2.89. The van der Waals surface area contributed by atoms with Crippen molar-refractivity contribution in [1.82, 2.24) is 10.6 Å². The van der Waals surface area contributed by atoms with Crippen LogP contribution >= 0.6 is 24.0 Å². The van der Waals surface area contributed by atoms with Crippen molar-refractivity contribution in [2.45, 2.75) is 39.2 Å². The van der Waals surface area contributed by atoms with E-state index in [-0.39, 0.29) is 35.5 Å². The summed E-state index contributed by atoms with van der Waals surface area (Å²) in [6, 6.07) is 5.04. The number of halogens is 3. The average Bonchev–Trinajstić information content (AvgIpc) is 2.76. The van der Waals surface area contributed by atoms with Gasteiger partial charge in [0.25, 0.3) is 0 Å². The largest absolute Gasteiger partial charge is 0.493 e. The summed E-state index contributed by atoms with van der Waals surface area (Å²) >= 11 is 0. The maximum absolute atomic E-state index is 12.6. The van der Waals surface area contributed by atoms with Crippen molar-refractivity contribution < 1.29 is 27.7 Å². The Bertz CT molecular complexity index is 662. The Labute approximate surface area is 206 Å². The second-order valence-electron chi connectivity index (χ2n) is 7.29. The number of rotatable bonds is 13. The van der Waals surface area contributed by atoms with E-state index in [0.29, 0.717) is 32.0 Å². The van der Waals surface area contributed by atoms with Gasteiger partial charge < -0.3 is 29.6 Å². The fraction of sp³-hybridized carbons (Fsp3) is 0.682. The molecular formula is C22H36F2IN3O4. The van der Waals surface area contributed by atoms with Gasteiger partial charge in [0.15, 0.2) is 17.5 Å². The number of methoxy groups -OCH3 is 1. The Hall–Kier alpha value is -1.40. The fourth-order valence-corrected chi connectivity index (χ4v) is 3.25. The zero-order valence-corrected chi connectivity index (χ0v) is 21.2. The van der Waals surface area contributed by atoms with E-state index in [0.717, 1.165) is 57.2 Å². The molecule has 0 spiro atoms. The van der Waals surface area contributed by atoms with Crippen molar-refractivity contribution in [3.8, 4) is 11.5 Å².